The number of hydrogen-bond donors (Lipinski definition) is 1. The largest absolute Gasteiger partial charge is 0.481 e. The Hall–Kier alpha value is -1.06. The Morgan fingerprint density at radius 1 is 1.39 bits per heavy atom. The van der Waals surface area contributed by atoms with E-state index in [9.17, 15) is 4.79 Å². The average molecular weight is 266 g/mol. The zero-order chi connectivity index (χ0) is 12.7. The van der Waals surface area contributed by atoms with Crippen LogP contribution in [0, 0.1) is 5.92 Å². The summed E-state index contributed by atoms with van der Waals surface area (Å²) in [5, 5.41) is 9.85. The molecule has 0 radical (unpaired) electrons. The van der Waals surface area contributed by atoms with Gasteiger partial charge in [0.25, 0.3) is 0 Å². The van der Waals surface area contributed by atoms with Gasteiger partial charge in [0.2, 0.25) is 0 Å². The van der Waals surface area contributed by atoms with E-state index in [2.05, 4.69) is 11.0 Å². The maximum absolute atomic E-state index is 11.0. The van der Waals surface area contributed by atoms with Crippen molar-refractivity contribution in [3.63, 3.8) is 0 Å². The zero-order valence-corrected chi connectivity index (χ0v) is 10.9. The number of halogens is 1. The second-order valence-electron chi connectivity index (χ2n) is 5.22. The number of rotatable bonds is 2. The van der Waals surface area contributed by atoms with E-state index in [4.69, 9.17) is 16.7 Å². The molecule has 0 amide bonds. The van der Waals surface area contributed by atoms with E-state index in [0.29, 0.717) is 12.6 Å². The number of carbonyl (C=O) groups is 1. The molecule has 1 N–H and O–H groups in total. The summed E-state index contributed by atoms with van der Waals surface area (Å²) in [6.07, 6.45) is 2.91. The maximum atomic E-state index is 11.0. The zero-order valence-electron chi connectivity index (χ0n) is 10.1. The van der Waals surface area contributed by atoms with Crippen molar-refractivity contribution in [1.29, 1.82) is 0 Å². The summed E-state index contributed by atoms with van der Waals surface area (Å²) in [5.74, 6) is -0.854. The van der Waals surface area contributed by atoms with Crippen molar-refractivity contribution in [3.05, 3.63) is 34.3 Å². The van der Waals surface area contributed by atoms with Gasteiger partial charge in [0, 0.05) is 17.6 Å². The van der Waals surface area contributed by atoms with E-state index in [1.165, 1.54) is 11.1 Å². The number of aryl methyl sites for hydroxylation is 1. The Morgan fingerprint density at radius 3 is 2.94 bits per heavy atom. The third kappa shape index (κ3) is 2.02. The Balaban J connectivity index is 1.79. The minimum absolute atomic E-state index is 0.193. The van der Waals surface area contributed by atoms with Gasteiger partial charge in [-0.25, -0.2) is 0 Å². The van der Waals surface area contributed by atoms with E-state index in [1.54, 1.807) is 0 Å². The summed E-state index contributed by atoms with van der Waals surface area (Å²) in [7, 11) is 0. The Labute approximate surface area is 111 Å². The monoisotopic (exact) mass is 265 g/mol. The molecule has 1 saturated heterocycles. The van der Waals surface area contributed by atoms with Gasteiger partial charge >= 0.3 is 5.97 Å². The Bertz CT molecular complexity index is 489. The summed E-state index contributed by atoms with van der Waals surface area (Å²) >= 11 is 6.00. The number of fused-ring (bicyclic) bond motifs is 1. The lowest BCUT2D eigenvalue weighted by atomic mass is 10.1. The van der Waals surface area contributed by atoms with Gasteiger partial charge in [0.1, 0.15) is 0 Å². The predicted octanol–water partition coefficient (Wildman–Crippen LogP) is 2.73. The molecule has 0 spiro atoms. The molecule has 2 atom stereocenters. The van der Waals surface area contributed by atoms with Gasteiger partial charge in [0.15, 0.2) is 0 Å². The Kier molecular flexibility index (Phi) is 3.04. The molecular weight excluding hydrogens is 250 g/mol. The number of carboxylic acid groups (broad SMARTS) is 1. The van der Waals surface area contributed by atoms with Crippen LogP contribution in [0.4, 0.5) is 0 Å². The summed E-state index contributed by atoms with van der Waals surface area (Å²) in [5.41, 5.74) is 2.66. The summed E-state index contributed by atoms with van der Waals surface area (Å²) < 4.78 is 0. The van der Waals surface area contributed by atoms with E-state index >= 15 is 0 Å². The molecule has 3 nitrogen and oxygen atoms in total. The molecule has 0 bridgehead atoms. The summed E-state index contributed by atoms with van der Waals surface area (Å²) in [6, 6.07) is 6.47. The highest BCUT2D eigenvalue weighted by molar-refractivity contribution is 6.30. The molecule has 1 aliphatic carbocycles. The molecule has 1 aromatic carbocycles. The highest BCUT2D eigenvalue weighted by atomic mass is 35.5. The molecule has 96 valence electrons. The number of hydrogen-bond acceptors (Lipinski definition) is 2. The lowest BCUT2D eigenvalue weighted by Gasteiger charge is -2.24. The smallest absolute Gasteiger partial charge is 0.307 e. The van der Waals surface area contributed by atoms with Crippen molar-refractivity contribution in [2.75, 3.05) is 13.1 Å². The molecule has 1 aromatic rings. The first-order valence-corrected chi connectivity index (χ1v) is 6.78. The molecule has 2 aliphatic rings. The van der Waals surface area contributed by atoms with Crippen LogP contribution in [0.5, 0.6) is 0 Å². The number of aliphatic carboxylic acids is 1. The van der Waals surface area contributed by atoms with E-state index in [1.807, 2.05) is 12.1 Å². The lowest BCUT2D eigenvalue weighted by Crippen LogP contribution is -2.26. The summed E-state index contributed by atoms with van der Waals surface area (Å²) in [6.45, 7) is 1.58. The second-order valence-corrected chi connectivity index (χ2v) is 5.65. The molecule has 0 aromatic heterocycles. The molecule has 3 rings (SSSR count). The highest BCUT2D eigenvalue weighted by Crippen LogP contribution is 2.39. The number of carboxylic acids is 1. The van der Waals surface area contributed by atoms with E-state index in [0.717, 1.165) is 30.8 Å². The van der Waals surface area contributed by atoms with Crippen LogP contribution in [0.2, 0.25) is 5.02 Å². The highest BCUT2D eigenvalue weighted by Gasteiger charge is 2.35. The molecule has 4 heteroatoms. The summed E-state index contributed by atoms with van der Waals surface area (Å²) in [4.78, 5) is 13.3. The van der Waals surface area contributed by atoms with Crippen LogP contribution in [0.15, 0.2) is 18.2 Å². The van der Waals surface area contributed by atoms with Gasteiger partial charge in [-0.1, -0.05) is 17.7 Å². The fourth-order valence-corrected chi connectivity index (χ4v) is 3.41. The van der Waals surface area contributed by atoms with Crippen LogP contribution in [0.3, 0.4) is 0 Å². The van der Waals surface area contributed by atoms with Gasteiger partial charge in [-0.05, 0) is 49.1 Å². The molecule has 1 fully saturated rings. The van der Waals surface area contributed by atoms with Crippen LogP contribution in [0.1, 0.15) is 30.0 Å². The molecule has 18 heavy (non-hydrogen) atoms. The lowest BCUT2D eigenvalue weighted by molar-refractivity contribution is -0.141. The predicted molar refractivity (Wildman–Crippen MR) is 69.8 cm³/mol. The van der Waals surface area contributed by atoms with Gasteiger partial charge in [-0.2, -0.15) is 0 Å². The van der Waals surface area contributed by atoms with Crippen molar-refractivity contribution in [3.8, 4) is 0 Å². The average Bonchev–Trinajstić information content (AvgIpc) is 2.92. The number of nitrogens with zero attached hydrogens (tertiary/aromatic N) is 1. The van der Waals surface area contributed by atoms with Crippen LogP contribution in [0.25, 0.3) is 0 Å². The fraction of sp³-hybridized carbons (Fsp3) is 0.500. The molecular formula is C14H16ClNO2. The third-order valence-electron chi connectivity index (χ3n) is 4.16. The van der Waals surface area contributed by atoms with Crippen molar-refractivity contribution in [2.24, 2.45) is 5.92 Å². The first-order valence-electron chi connectivity index (χ1n) is 6.40. The van der Waals surface area contributed by atoms with Gasteiger partial charge in [-0.3, -0.25) is 9.69 Å². The van der Waals surface area contributed by atoms with Crippen molar-refractivity contribution in [1.82, 2.24) is 4.90 Å². The topological polar surface area (TPSA) is 40.5 Å². The minimum Gasteiger partial charge on any atom is -0.481 e. The Morgan fingerprint density at radius 2 is 2.22 bits per heavy atom. The first kappa shape index (κ1) is 12.0. The molecule has 2 unspecified atom stereocenters. The number of benzene rings is 1. The van der Waals surface area contributed by atoms with Gasteiger partial charge < -0.3 is 5.11 Å². The first-order chi connectivity index (χ1) is 8.65. The quantitative estimate of drug-likeness (QED) is 0.894. The molecule has 0 saturated carbocycles. The maximum Gasteiger partial charge on any atom is 0.307 e. The van der Waals surface area contributed by atoms with Crippen LogP contribution >= 0.6 is 11.6 Å². The number of likely N-dealkylation sites (tertiary alicyclic amines) is 1. The van der Waals surface area contributed by atoms with Crippen LogP contribution in [-0.2, 0) is 11.2 Å². The second kappa shape index (κ2) is 4.56. The van der Waals surface area contributed by atoms with Gasteiger partial charge in [-0.15, -0.1) is 0 Å². The van der Waals surface area contributed by atoms with E-state index in [-0.39, 0.29) is 5.92 Å². The standard InChI is InChI=1S/C14H16ClNO2/c15-11-2-3-12-9(7-11)1-4-13(12)16-6-5-10(8-16)14(17)18/h2-3,7,10,13H,1,4-6,8H2,(H,17,18). The van der Waals surface area contributed by atoms with E-state index < -0.39 is 5.97 Å². The fourth-order valence-electron chi connectivity index (χ4n) is 3.21. The molecule has 1 aliphatic heterocycles. The van der Waals surface area contributed by atoms with Crippen LogP contribution in [-0.4, -0.2) is 29.1 Å². The normalized spacial score (nSPS) is 27.4. The van der Waals surface area contributed by atoms with Crippen molar-refractivity contribution >= 4 is 17.6 Å². The molecule has 1 heterocycles. The van der Waals surface area contributed by atoms with Crippen molar-refractivity contribution in [2.45, 2.75) is 25.3 Å². The van der Waals surface area contributed by atoms with Crippen LogP contribution < -0.4 is 0 Å². The minimum atomic E-state index is -0.660. The van der Waals surface area contributed by atoms with Crippen molar-refractivity contribution < 1.29 is 9.90 Å². The third-order valence-corrected chi connectivity index (χ3v) is 4.40. The van der Waals surface area contributed by atoms with Gasteiger partial charge in [0.05, 0.1) is 5.92 Å². The SMILES string of the molecule is O=C(O)C1CCN(C2CCc3cc(Cl)ccc32)C1.